The predicted octanol–water partition coefficient (Wildman–Crippen LogP) is 1.77. The van der Waals surface area contributed by atoms with E-state index in [0.29, 0.717) is 19.0 Å². The van der Waals surface area contributed by atoms with Crippen molar-refractivity contribution < 1.29 is 0 Å². The zero-order chi connectivity index (χ0) is 16.4. The Labute approximate surface area is 141 Å². The van der Waals surface area contributed by atoms with Crippen molar-refractivity contribution in [3.8, 4) is 0 Å². The van der Waals surface area contributed by atoms with E-state index in [9.17, 15) is 0 Å². The maximum atomic E-state index is 5.71. The topological polar surface area (TPSA) is 72.9 Å². The van der Waals surface area contributed by atoms with E-state index in [4.69, 9.17) is 10.8 Å². The summed E-state index contributed by atoms with van der Waals surface area (Å²) in [6.45, 7) is 4.32. The van der Waals surface area contributed by atoms with Gasteiger partial charge in [0.15, 0.2) is 5.65 Å². The summed E-state index contributed by atoms with van der Waals surface area (Å²) in [5.41, 5.74) is 9.91. The number of aromatic nitrogens is 4. The summed E-state index contributed by atoms with van der Waals surface area (Å²) in [7, 11) is 0. The highest BCUT2D eigenvalue weighted by Crippen LogP contribution is 2.30. The van der Waals surface area contributed by atoms with Crippen LogP contribution in [0.15, 0.2) is 42.7 Å². The van der Waals surface area contributed by atoms with Gasteiger partial charge in [0.25, 0.3) is 0 Å². The summed E-state index contributed by atoms with van der Waals surface area (Å²) in [4.78, 5) is 11.5. The fourth-order valence-electron chi connectivity index (χ4n) is 3.52. The molecule has 0 radical (unpaired) electrons. The third-order valence-corrected chi connectivity index (χ3v) is 4.64. The lowest BCUT2D eigenvalue weighted by molar-refractivity contribution is 0.326. The van der Waals surface area contributed by atoms with Gasteiger partial charge in [0.2, 0.25) is 0 Å². The van der Waals surface area contributed by atoms with Crippen LogP contribution in [0.1, 0.15) is 23.6 Å². The van der Waals surface area contributed by atoms with Gasteiger partial charge in [0.1, 0.15) is 5.52 Å². The van der Waals surface area contributed by atoms with E-state index in [2.05, 4.69) is 45.2 Å². The smallest absolute Gasteiger partial charge is 0.177 e. The van der Waals surface area contributed by atoms with Gasteiger partial charge in [0, 0.05) is 37.9 Å². The van der Waals surface area contributed by atoms with Crippen molar-refractivity contribution in [1.29, 1.82) is 0 Å². The van der Waals surface area contributed by atoms with Crippen LogP contribution in [0.5, 0.6) is 0 Å². The minimum absolute atomic E-state index is 0.409. The van der Waals surface area contributed by atoms with Crippen LogP contribution in [0.4, 0.5) is 0 Å². The summed E-state index contributed by atoms with van der Waals surface area (Å²) in [5.74, 6) is 0.409. The summed E-state index contributed by atoms with van der Waals surface area (Å²) >= 11 is 0. The van der Waals surface area contributed by atoms with Gasteiger partial charge >= 0.3 is 0 Å². The maximum Gasteiger partial charge on any atom is 0.177 e. The van der Waals surface area contributed by atoms with E-state index in [-0.39, 0.29) is 0 Å². The van der Waals surface area contributed by atoms with Crippen LogP contribution in [-0.4, -0.2) is 44.3 Å². The van der Waals surface area contributed by atoms with Crippen LogP contribution < -0.4 is 5.73 Å². The first-order chi connectivity index (χ1) is 11.8. The Morgan fingerprint density at radius 2 is 1.96 bits per heavy atom. The van der Waals surface area contributed by atoms with Gasteiger partial charge in [-0.1, -0.05) is 30.3 Å². The number of nitrogens with two attached hydrogens (primary N) is 1. The molecule has 4 rings (SSSR count). The summed E-state index contributed by atoms with van der Waals surface area (Å²) < 4.78 is 1.90. The van der Waals surface area contributed by atoms with Gasteiger partial charge in [-0.2, -0.15) is 5.10 Å². The van der Waals surface area contributed by atoms with Crippen LogP contribution in [0.25, 0.3) is 11.2 Å². The second kappa shape index (κ2) is 6.67. The van der Waals surface area contributed by atoms with E-state index in [0.717, 1.165) is 42.9 Å². The van der Waals surface area contributed by atoms with Crippen LogP contribution in [0, 0.1) is 0 Å². The molecule has 124 valence electrons. The molecule has 1 aliphatic heterocycles. The molecule has 1 aromatic carbocycles. The fourth-order valence-corrected chi connectivity index (χ4v) is 3.52. The molecule has 24 heavy (non-hydrogen) atoms. The van der Waals surface area contributed by atoms with Gasteiger partial charge < -0.3 is 5.73 Å². The van der Waals surface area contributed by atoms with Crippen molar-refractivity contribution in [1.82, 2.24) is 24.6 Å². The first-order valence-corrected chi connectivity index (χ1v) is 8.49. The molecule has 3 aromatic rings. The molecule has 1 saturated heterocycles. The quantitative estimate of drug-likeness (QED) is 0.775. The predicted molar refractivity (Wildman–Crippen MR) is 93.5 cm³/mol. The Balaban J connectivity index is 1.55. The Morgan fingerprint density at radius 3 is 2.79 bits per heavy atom. The first-order valence-electron chi connectivity index (χ1n) is 8.49. The number of benzene rings is 1. The van der Waals surface area contributed by atoms with Crippen molar-refractivity contribution in [2.24, 2.45) is 5.73 Å². The molecular weight excluding hydrogens is 300 g/mol. The standard InChI is InChI=1S/C18H22N6/c19-7-11-24-18-17(20-8-9-21-18)16(22-24)15-6-10-23(13-15)12-14-4-2-1-3-5-14/h1-5,8-9,15H,6-7,10-13,19H2/t15-/m0/s1. The van der Waals surface area contributed by atoms with Crippen LogP contribution in [-0.2, 0) is 13.1 Å². The van der Waals surface area contributed by atoms with Crippen molar-refractivity contribution in [2.75, 3.05) is 19.6 Å². The molecule has 2 aromatic heterocycles. The minimum Gasteiger partial charge on any atom is -0.329 e. The molecule has 1 fully saturated rings. The molecule has 1 aliphatic rings. The SMILES string of the molecule is NCCn1nc([C@H]2CCN(Cc3ccccc3)C2)c2nccnc21. The second-order valence-electron chi connectivity index (χ2n) is 6.33. The Hall–Kier alpha value is -2.31. The van der Waals surface area contributed by atoms with E-state index >= 15 is 0 Å². The molecule has 0 aliphatic carbocycles. The van der Waals surface area contributed by atoms with Crippen molar-refractivity contribution in [2.45, 2.75) is 25.4 Å². The van der Waals surface area contributed by atoms with Crippen LogP contribution in [0.2, 0.25) is 0 Å². The summed E-state index contributed by atoms with van der Waals surface area (Å²) in [5, 5.41) is 4.79. The molecule has 6 heteroatoms. The zero-order valence-electron chi connectivity index (χ0n) is 13.7. The van der Waals surface area contributed by atoms with Crippen LogP contribution in [0.3, 0.4) is 0 Å². The molecule has 6 nitrogen and oxygen atoms in total. The van der Waals surface area contributed by atoms with Crippen LogP contribution >= 0.6 is 0 Å². The molecule has 2 N–H and O–H groups in total. The third-order valence-electron chi connectivity index (χ3n) is 4.64. The highest BCUT2D eigenvalue weighted by Gasteiger charge is 2.28. The normalized spacial score (nSPS) is 18.5. The lowest BCUT2D eigenvalue weighted by Crippen LogP contribution is -2.20. The third kappa shape index (κ3) is 2.90. The molecule has 0 bridgehead atoms. The van der Waals surface area contributed by atoms with E-state index in [1.165, 1.54) is 5.56 Å². The Morgan fingerprint density at radius 1 is 1.12 bits per heavy atom. The second-order valence-corrected chi connectivity index (χ2v) is 6.33. The van der Waals surface area contributed by atoms with Gasteiger partial charge in [-0.15, -0.1) is 0 Å². The highest BCUT2D eigenvalue weighted by atomic mass is 15.3. The summed E-state index contributed by atoms with van der Waals surface area (Å²) in [6, 6.07) is 10.6. The minimum atomic E-state index is 0.409. The zero-order valence-corrected chi connectivity index (χ0v) is 13.7. The molecule has 0 spiro atoms. The highest BCUT2D eigenvalue weighted by molar-refractivity contribution is 5.73. The van der Waals surface area contributed by atoms with E-state index < -0.39 is 0 Å². The molecule has 0 saturated carbocycles. The Bertz CT molecular complexity index is 813. The van der Waals surface area contributed by atoms with E-state index in [1.807, 2.05) is 4.68 Å². The van der Waals surface area contributed by atoms with Crippen molar-refractivity contribution >= 4 is 11.2 Å². The maximum absolute atomic E-state index is 5.71. The summed E-state index contributed by atoms with van der Waals surface area (Å²) in [6.07, 6.45) is 4.58. The number of likely N-dealkylation sites (tertiary alicyclic amines) is 1. The van der Waals surface area contributed by atoms with Gasteiger partial charge in [0.05, 0.1) is 12.2 Å². The molecule has 0 unspecified atom stereocenters. The molecular formula is C18H22N6. The van der Waals surface area contributed by atoms with E-state index in [1.54, 1.807) is 12.4 Å². The monoisotopic (exact) mass is 322 g/mol. The molecule has 1 atom stereocenters. The Kier molecular flexibility index (Phi) is 4.23. The molecule has 0 amide bonds. The van der Waals surface area contributed by atoms with Gasteiger partial charge in [-0.05, 0) is 18.5 Å². The first kappa shape index (κ1) is 15.2. The number of rotatable bonds is 5. The average Bonchev–Trinajstić information content (AvgIpc) is 3.21. The van der Waals surface area contributed by atoms with Gasteiger partial charge in [-0.25, -0.2) is 14.6 Å². The average molecular weight is 322 g/mol. The van der Waals surface area contributed by atoms with Crippen molar-refractivity contribution in [3.63, 3.8) is 0 Å². The lowest BCUT2D eigenvalue weighted by atomic mass is 10.0. The number of hydrogen-bond acceptors (Lipinski definition) is 5. The fraction of sp³-hybridized carbons (Fsp3) is 0.389. The number of fused-ring (bicyclic) bond motifs is 1. The largest absolute Gasteiger partial charge is 0.329 e. The van der Waals surface area contributed by atoms with Crippen molar-refractivity contribution in [3.05, 3.63) is 54.0 Å². The number of nitrogens with zero attached hydrogens (tertiary/aromatic N) is 5. The van der Waals surface area contributed by atoms with Gasteiger partial charge in [-0.3, -0.25) is 4.90 Å². The number of hydrogen-bond donors (Lipinski definition) is 1. The lowest BCUT2D eigenvalue weighted by Gasteiger charge is -2.15. The molecule has 3 heterocycles.